The highest BCUT2D eigenvalue weighted by atomic mass is 32.2. The number of rotatable bonds is 9. The van der Waals surface area contributed by atoms with Crippen molar-refractivity contribution in [2.45, 2.75) is 43.9 Å². The number of thioether (sulfide) groups is 1. The summed E-state index contributed by atoms with van der Waals surface area (Å²) in [6.07, 6.45) is 6.43. The molecule has 8 nitrogen and oxygen atoms in total. The van der Waals surface area contributed by atoms with Crippen LogP contribution in [0.25, 0.3) is 11.4 Å². The van der Waals surface area contributed by atoms with E-state index in [4.69, 9.17) is 0 Å². The van der Waals surface area contributed by atoms with Gasteiger partial charge in [0.25, 0.3) is 5.91 Å². The number of hydrogen-bond acceptors (Lipinski definition) is 6. The predicted octanol–water partition coefficient (Wildman–Crippen LogP) is 3.37. The standard InChI is InChI=1S/C22H24N6O2S/c1-2-12-28-20(15-8-10-23-11-9-15)26-27-22(28)31-14-19(29)24-18-5-3-4-16(13-18)21(30)25-17-6-7-17/h3-5,8-11,13,17H,2,6-7,12,14H2,1H3,(H,24,29)(H,25,30). The van der Waals surface area contributed by atoms with Gasteiger partial charge in [0.2, 0.25) is 5.91 Å². The Morgan fingerprint density at radius 1 is 1.16 bits per heavy atom. The lowest BCUT2D eigenvalue weighted by molar-refractivity contribution is -0.113. The Hall–Kier alpha value is -3.20. The number of amides is 2. The minimum Gasteiger partial charge on any atom is -0.349 e. The van der Waals surface area contributed by atoms with Crippen molar-refractivity contribution in [3.8, 4) is 11.4 Å². The number of carbonyl (C=O) groups excluding carboxylic acids is 2. The first-order valence-electron chi connectivity index (χ1n) is 10.3. The Bertz CT molecular complexity index is 1060. The molecule has 0 bridgehead atoms. The fourth-order valence-electron chi connectivity index (χ4n) is 3.10. The van der Waals surface area contributed by atoms with Gasteiger partial charge in [0.15, 0.2) is 11.0 Å². The van der Waals surface area contributed by atoms with Gasteiger partial charge in [-0.25, -0.2) is 0 Å². The van der Waals surface area contributed by atoms with Gasteiger partial charge in [0, 0.05) is 41.8 Å². The van der Waals surface area contributed by atoms with E-state index in [0.717, 1.165) is 37.2 Å². The summed E-state index contributed by atoms with van der Waals surface area (Å²) >= 11 is 1.34. The third-order valence-electron chi connectivity index (χ3n) is 4.76. The highest BCUT2D eigenvalue weighted by molar-refractivity contribution is 7.99. The summed E-state index contributed by atoms with van der Waals surface area (Å²) in [7, 11) is 0. The maximum Gasteiger partial charge on any atom is 0.251 e. The van der Waals surface area contributed by atoms with Gasteiger partial charge in [-0.3, -0.25) is 14.6 Å². The maximum atomic E-state index is 12.5. The molecule has 0 radical (unpaired) electrons. The summed E-state index contributed by atoms with van der Waals surface area (Å²) in [5.41, 5.74) is 2.08. The van der Waals surface area contributed by atoms with Crippen molar-refractivity contribution in [1.82, 2.24) is 25.1 Å². The summed E-state index contributed by atoms with van der Waals surface area (Å²) in [5, 5.41) is 15.1. The lowest BCUT2D eigenvalue weighted by atomic mass is 10.2. The van der Waals surface area contributed by atoms with Crippen LogP contribution in [0.3, 0.4) is 0 Å². The Balaban J connectivity index is 1.39. The van der Waals surface area contributed by atoms with Gasteiger partial charge in [-0.05, 0) is 49.6 Å². The van der Waals surface area contributed by atoms with E-state index in [-0.39, 0.29) is 17.6 Å². The molecule has 0 unspecified atom stereocenters. The number of nitrogens with one attached hydrogen (secondary N) is 2. The molecular weight excluding hydrogens is 412 g/mol. The number of carbonyl (C=O) groups is 2. The second-order valence-corrected chi connectivity index (χ2v) is 8.30. The van der Waals surface area contributed by atoms with Crippen molar-refractivity contribution >= 4 is 29.3 Å². The van der Waals surface area contributed by atoms with Crippen molar-refractivity contribution in [1.29, 1.82) is 0 Å². The molecule has 0 spiro atoms. The van der Waals surface area contributed by atoms with E-state index in [0.29, 0.717) is 22.4 Å². The molecule has 1 aromatic carbocycles. The van der Waals surface area contributed by atoms with Crippen LogP contribution in [-0.2, 0) is 11.3 Å². The van der Waals surface area contributed by atoms with Crippen LogP contribution in [-0.4, -0.2) is 43.4 Å². The molecule has 2 aromatic heterocycles. The lowest BCUT2D eigenvalue weighted by Crippen LogP contribution is -2.25. The van der Waals surface area contributed by atoms with Crippen molar-refractivity contribution in [3.05, 3.63) is 54.4 Å². The topological polar surface area (TPSA) is 102 Å². The molecule has 160 valence electrons. The molecule has 2 amide bonds. The van der Waals surface area contributed by atoms with Crippen LogP contribution in [0.15, 0.2) is 53.9 Å². The van der Waals surface area contributed by atoms with Crippen molar-refractivity contribution in [3.63, 3.8) is 0 Å². The van der Waals surface area contributed by atoms with Crippen LogP contribution >= 0.6 is 11.8 Å². The van der Waals surface area contributed by atoms with Gasteiger partial charge in [0.1, 0.15) is 0 Å². The zero-order chi connectivity index (χ0) is 21.6. The van der Waals surface area contributed by atoms with Crippen molar-refractivity contribution in [2.24, 2.45) is 0 Å². The number of aromatic nitrogens is 4. The minimum absolute atomic E-state index is 0.107. The first-order valence-corrected chi connectivity index (χ1v) is 11.3. The van der Waals surface area contributed by atoms with E-state index in [1.54, 1.807) is 36.7 Å². The van der Waals surface area contributed by atoms with Gasteiger partial charge < -0.3 is 15.2 Å². The third-order valence-corrected chi connectivity index (χ3v) is 5.72. The molecule has 4 rings (SSSR count). The molecule has 31 heavy (non-hydrogen) atoms. The van der Waals surface area contributed by atoms with Gasteiger partial charge in [-0.1, -0.05) is 24.8 Å². The van der Waals surface area contributed by atoms with E-state index < -0.39 is 0 Å². The monoisotopic (exact) mass is 436 g/mol. The van der Waals surface area contributed by atoms with Crippen molar-refractivity contribution in [2.75, 3.05) is 11.1 Å². The molecule has 0 atom stereocenters. The second-order valence-electron chi connectivity index (χ2n) is 7.36. The van der Waals surface area contributed by atoms with Gasteiger partial charge in [-0.15, -0.1) is 10.2 Å². The van der Waals surface area contributed by atoms with Gasteiger partial charge >= 0.3 is 0 Å². The molecular formula is C22H24N6O2S. The van der Waals surface area contributed by atoms with Crippen LogP contribution in [0.5, 0.6) is 0 Å². The van der Waals surface area contributed by atoms with E-state index in [2.05, 4.69) is 32.7 Å². The average molecular weight is 437 g/mol. The zero-order valence-electron chi connectivity index (χ0n) is 17.2. The first kappa shape index (κ1) is 21.0. The Morgan fingerprint density at radius 2 is 1.97 bits per heavy atom. The summed E-state index contributed by atoms with van der Waals surface area (Å²) in [5.74, 6) is 0.684. The molecule has 1 fully saturated rings. The fourth-order valence-corrected chi connectivity index (χ4v) is 3.86. The Kier molecular flexibility index (Phi) is 6.61. The molecule has 1 aliphatic carbocycles. The normalized spacial score (nSPS) is 13.1. The number of hydrogen-bond donors (Lipinski definition) is 2. The summed E-state index contributed by atoms with van der Waals surface area (Å²) in [6, 6.07) is 11.1. The van der Waals surface area contributed by atoms with Crippen LogP contribution in [0.1, 0.15) is 36.5 Å². The van der Waals surface area contributed by atoms with Crippen LogP contribution in [0.4, 0.5) is 5.69 Å². The molecule has 3 aromatic rings. The highest BCUT2D eigenvalue weighted by Crippen LogP contribution is 2.24. The summed E-state index contributed by atoms with van der Waals surface area (Å²) in [4.78, 5) is 28.8. The van der Waals surface area contributed by atoms with E-state index >= 15 is 0 Å². The first-order chi connectivity index (χ1) is 15.1. The Labute approximate surface area is 184 Å². The minimum atomic E-state index is -0.165. The quantitative estimate of drug-likeness (QED) is 0.499. The molecule has 1 saturated carbocycles. The van der Waals surface area contributed by atoms with E-state index in [1.807, 2.05) is 16.7 Å². The second kappa shape index (κ2) is 9.74. The molecule has 0 aliphatic heterocycles. The van der Waals surface area contributed by atoms with Crippen LogP contribution in [0.2, 0.25) is 0 Å². The fraction of sp³-hybridized carbons (Fsp3) is 0.318. The molecule has 9 heteroatoms. The highest BCUT2D eigenvalue weighted by Gasteiger charge is 2.24. The Morgan fingerprint density at radius 3 is 2.71 bits per heavy atom. The number of benzene rings is 1. The van der Waals surface area contributed by atoms with E-state index in [9.17, 15) is 9.59 Å². The average Bonchev–Trinajstić information content (AvgIpc) is 3.51. The van der Waals surface area contributed by atoms with Crippen LogP contribution < -0.4 is 10.6 Å². The van der Waals surface area contributed by atoms with E-state index in [1.165, 1.54) is 11.8 Å². The SMILES string of the molecule is CCCn1c(SCC(=O)Nc2cccc(C(=O)NC3CC3)c2)nnc1-c1ccncc1. The smallest absolute Gasteiger partial charge is 0.251 e. The van der Waals surface area contributed by atoms with Gasteiger partial charge in [0.05, 0.1) is 5.75 Å². The number of nitrogens with zero attached hydrogens (tertiary/aromatic N) is 4. The largest absolute Gasteiger partial charge is 0.349 e. The number of pyridine rings is 1. The molecule has 2 heterocycles. The summed E-state index contributed by atoms with van der Waals surface area (Å²) in [6.45, 7) is 2.84. The predicted molar refractivity (Wildman–Crippen MR) is 120 cm³/mol. The lowest BCUT2D eigenvalue weighted by Gasteiger charge is -2.10. The number of anilines is 1. The molecule has 2 N–H and O–H groups in total. The van der Waals surface area contributed by atoms with Gasteiger partial charge in [-0.2, -0.15) is 0 Å². The molecule has 0 saturated heterocycles. The van der Waals surface area contributed by atoms with Crippen LogP contribution in [0, 0.1) is 0 Å². The summed E-state index contributed by atoms with van der Waals surface area (Å²) < 4.78 is 2.02. The third kappa shape index (κ3) is 5.49. The zero-order valence-corrected chi connectivity index (χ0v) is 18.1. The van der Waals surface area contributed by atoms with Crippen molar-refractivity contribution < 1.29 is 9.59 Å². The molecule has 1 aliphatic rings. The maximum absolute atomic E-state index is 12.5.